The molecule has 0 aromatic carbocycles. The molecule has 0 aromatic rings. The second kappa shape index (κ2) is 6.87. The molecule has 9 heteroatoms. The van der Waals surface area contributed by atoms with Crippen LogP contribution < -0.4 is 4.72 Å². The molecular weight excluding hydrogens is 285 g/mol. The van der Waals surface area contributed by atoms with Crippen LogP contribution in [-0.2, 0) is 10.2 Å². The van der Waals surface area contributed by atoms with E-state index in [1.54, 1.807) is 0 Å². The molecule has 0 aliphatic carbocycles. The lowest BCUT2D eigenvalue weighted by atomic mass is 10.1. The van der Waals surface area contributed by atoms with Gasteiger partial charge >= 0.3 is 6.18 Å². The zero-order valence-corrected chi connectivity index (χ0v) is 11.3. The minimum atomic E-state index is -4.27. The van der Waals surface area contributed by atoms with Crippen LogP contribution in [0.15, 0.2) is 0 Å². The van der Waals surface area contributed by atoms with Gasteiger partial charge in [0.05, 0.1) is 6.61 Å². The molecule has 1 atom stereocenters. The van der Waals surface area contributed by atoms with Crippen molar-refractivity contribution >= 4 is 10.2 Å². The van der Waals surface area contributed by atoms with Crippen LogP contribution in [0, 0.1) is 0 Å². The maximum atomic E-state index is 11.9. The Morgan fingerprint density at radius 2 is 2.00 bits per heavy atom. The number of hydrogen-bond donors (Lipinski definition) is 2. The minimum Gasteiger partial charge on any atom is -0.395 e. The van der Waals surface area contributed by atoms with Crippen LogP contribution in [0.2, 0.25) is 0 Å². The summed E-state index contributed by atoms with van der Waals surface area (Å²) in [6.07, 6.45) is -3.48. The Labute approximate surface area is 111 Å². The van der Waals surface area contributed by atoms with E-state index in [4.69, 9.17) is 5.11 Å². The Hall–Kier alpha value is -0.380. The van der Waals surface area contributed by atoms with Crippen LogP contribution in [-0.4, -0.2) is 49.7 Å². The molecule has 1 rings (SSSR count). The van der Waals surface area contributed by atoms with Crippen LogP contribution in [0.1, 0.15) is 32.1 Å². The number of rotatable bonds is 6. The van der Waals surface area contributed by atoms with Gasteiger partial charge < -0.3 is 5.11 Å². The number of hydrogen-bond acceptors (Lipinski definition) is 3. The van der Waals surface area contributed by atoms with Crippen LogP contribution >= 0.6 is 0 Å². The number of aliphatic hydroxyl groups excluding tert-OH is 1. The first kappa shape index (κ1) is 16.7. The smallest absolute Gasteiger partial charge is 0.389 e. The molecule has 1 heterocycles. The Morgan fingerprint density at radius 3 is 2.58 bits per heavy atom. The van der Waals surface area contributed by atoms with Gasteiger partial charge in [0.25, 0.3) is 10.2 Å². The highest BCUT2D eigenvalue weighted by molar-refractivity contribution is 7.87. The van der Waals surface area contributed by atoms with Gasteiger partial charge in [-0.25, -0.2) is 4.72 Å². The molecule has 0 aromatic heterocycles. The highest BCUT2D eigenvalue weighted by Gasteiger charge is 2.32. The average Bonchev–Trinajstić information content (AvgIpc) is 2.33. The molecule has 0 bridgehead atoms. The molecule has 1 aliphatic rings. The molecule has 0 radical (unpaired) electrons. The van der Waals surface area contributed by atoms with Gasteiger partial charge in [-0.2, -0.15) is 25.9 Å². The van der Waals surface area contributed by atoms with Gasteiger partial charge in [-0.1, -0.05) is 6.42 Å². The lowest BCUT2D eigenvalue weighted by Gasteiger charge is -2.33. The summed E-state index contributed by atoms with van der Waals surface area (Å²) >= 11 is 0. The van der Waals surface area contributed by atoms with Gasteiger partial charge in [0.15, 0.2) is 0 Å². The summed E-state index contributed by atoms with van der Waals surface area (Å²) in [7, 11) is -3.81. The van der Waals surface area contributed by atoms with E-state index in [0.29, 0.717) is 19.4 Å². The van der Waals surface area contributed by atoms with Gasteiger partial charge in [-0.3, -0.25) is 0 Å². The maximum absolute atomic E-state index is 11.9. The molecule has 0 saturated carbocycles. The van der Waals surface area contributed by atoms with Crippen molar-refractivity contribution in [2.45, 2.75) is 44.3 Å². The summed E-state index contributed by atoms with van der Waals surface area (Å²) in [5, 5.41) is 9.12. The summed E-state index contributed by atoms with van der Waals surface area (Å²) in [6, 6.07) is -0.478. The summed E-state index contributed by atoms with van der Waals surface area (Å²) in [4.78, 5) is 0. The Morgan fingerprint density at radius 1 is 1.32 bits per heavy atom. The summed E-state index contributed by atoms with van der Waals surface area (Å²) in [5.74, 6) is 0. The van der Waals surface area contributed by atoms with Crippen molar-refractivity contribution in [3.8, 4) is 0 Å². The molecule has 19 heavy (non-hydrogen) atoms. The molecule has 1 saturated heterocycles. The monoisotopic (exact) mass is 304 g/mol. The fourth-order valence-corrected chi connectivity index (χ4v) is 3.55. The van der Waals surface area contributed by atoms with E-state index < -0.39 is 28.8 Å². The first-order chi connectivity index (χ1) is 8.76. The Kier molecular flexibility index (Phi) is 6.03. The predicted octanol–water partition coefficient (Wildman–Crippen LogP) is 1.01. The number of aliphatic hydroxyl groups is 1. The van der Waals surface area contributed by atoms with Crippen LogP contribution in [0.3, 0.4) is 0 Å². The fourth-order valence-electron chi connectivity index (χ4n) is 2.05. The van der Waals surface area contributed by atoms with Crippen molar-refractivity contribution in [2.24, 2.45) is 0 Å². The second-order valence-corrected chi connectivity index (χ2v) is 6.27. The van der Waals surface area contributed by atoms with Crippen molar-refractivity contribution < 1.29 is 26.7 Å². The number of piperidine rings is 1. The number of alkyl halides is 3. The third kappa shape index (κ3) is 5.64. The van der Waals surface area contributed by atoms with Gasteiger partial charge in [-0.15, -0.1) is 0 Å². The van der Waals surface area contributed by atoms with E-state index in [-0.39, 0.29) is 19.6 Å². The lowest BCUT2D eigenvalue weighted by Crippen LogP contribution is -2.50. The van der Waals surface area contributed by atoms with E-state index in [1.807, 2.05) is 0 Å². The molecule has 5 nitrogen and oxygen atoms in total. The largest absolute Gasteiger partial charge is 0.395 e. The zero-order chi connectivity index (χ0) is 14.5. The van der Waals surface area contributed by atoms with E-state index in [0.717, 1.165) is 10.7 Å². The topological polar surface area (TPSA) is 69.6 Å². The molecule has 1 aliphatic heterocycles. The van der Waals surface area contributed by atoms with Crippen molar-refractivity contribution in [3.05, 3.63) is 0 Å². The molecule has 1 fully saturated rings. The minimum absolute atomic E-state index is 0.253. The van der Waals surface area contributed by atoms with Crippen LogP contribution in [0.4, 0.5) is 13.2 Å². The lowest BCUT2D eigenvalue weighted by molar-refractivity contribution is -0.135. The average molecular weight is 304 g/mol. The number of halogens is 3. The quantitative estimate of drug-likeness (QED) is 0.720. The van der Waals surface area contributed by atoms with Crippen molar-refractivity contribution in [2.75, 3.05) is 19.7 Å². The summed E-state index contributed by atoms with van der Waals surface area (Å²) in [5.41, 5.74) is 0. The zero-order valence-electron chi connectivity index (χ0n) is 10.5. The van der Waals surface area contributed by atoms with Crippen LogP contribution in [0.25, 0.3) is 0 Å². The number of nitrogens with zero attached hydrogens (tertiary/aromatic N) is 1. The SMILES string of the molecule is O=S(=O)(NCCCC(F)(F)F)N1CCCCC1CO. The molecule has 114 valence electrons. The van der Waals surface area contributed by atoms with Gasteiger partial charge in [0, 0.05) is 25.6 Å². The van der Waals surface area contributed by atoms with Gasteiger partial charge in [-0.05, 0) is 19.3 Å². The second-order valence-electron chi connectivity index (χ2n) is 4.56. The molecular formula is C10H19F3N2O3S. The first-order valence-corrected chi connectivity index (χ1v) is 7.64. The highest BCUT2D eigenvalue weighted by Crippen LogP contribution is 2.22. The molecule has 1 unspecified atom stereocenters. The van der Waals surface area contributed by atoms with Crippen LogP contribution in [0.5, 0.6) is 0 Å². The van der Waals surface area contributed by atoms with E-state index in [1.165, 1.54) is 0 Å². The Bertz CT molecular complexity index is 373. The Balaban J connectivity index is 2.46. The molecule has 2 N–H and O–H groups in total. The highest BCUT2D eigenvalue weighted by atomic mass is 32.2. The third-order valence-corrected chi connectivity index (χ3v) is 4.68. The fraction of sp³-hybridized carbons (Fsp3) is 1.00. The maximum Gasteiger partial charge on any atom is 0.389 e. The predicted molar refractivity (Wildman–Crippen MR) is 63.6 cm³/mol. The van der Waals surface area contributed by atoms with Crippen molar-refractivity contribution in [3.63, 3.8) is 0 Å². The van der Waals surface area contributed by atoms with E-state index >= 15 is 0 Å². The normalized spacial score (nSPS) is 22.6. The van der Waals surface area contributed by atoms with Crippen molar-refractivity contribution in [1.82, 2.24) is 9.03 Å². The summed E-state index contributed by atoms with van der Waals surface area (Å²) < 4.78 is 62.9. The third-order valence-electron chi connectivity index (χ3n) is 3.01. The van der Waals surface area contributed by atoms with Gasteiger partial charge in [0.2, 0.25) is 0 Å². The van der Waals surface area contributed by atoms with Gasteiger partial charge in [0.1, 0.15) is 0 Å². The molecule has 0 amide bonds. The van der Waals surface area contributed by atoms with Crippen molar-refractivity contribution in [1.29, 1.82) is 0 Å². The summed E-state index contributed by atoms with van der Waals surface area (Å²) in [6.45, 7) is -0.236. The first-order valence-electron chi connectivity index (χ1n) is 6.20. The molecule has 0 spiro atoms. The van der Waals surface area contributed by atoms with E-state index in [2.05, 4.69) is 4.72 Å². The standard InChI is InChI=1S/C10H19F3N2O3S/c11-10(12,13)5-3-6-14-19(17,18)15-7-2-1-4-9(15)8-16/h9,14,16H,1-8H2. The van der Waals surface area contributed by atoms with E-state index in [9.17, 15) is 21.6 Å². The number of nitrogens with one attached hydrogen (secondary N) is 1.